The minimum Gasteiger partial charge on any atom is -0.484 e. The third-order valence-electron chi connectivity index (χ3n) is 5.31. The molecule has 3 aromatic carbocycles. The normalized spacial score (nSPS) is 14.0. The number of carbonyl (C=O) groups is 1. The topological polar surface area (TPSA) is 62.8 Å². The summed E-state index contributed by atoms with van der Waals surface area (Å²) in [5.74, 6) is 0.514. The zero-order valence-corrected chi connectivity index (χ0v) is 18.1. The molecule has 0 bridgehead atoms. The Morgan fingerprint density at radius 2 is 1.50 bits per heavy atom. The SMILES string of the molecule is O=C(COc1ccc(Nc2ccccc2)cc1)NCc1ccc(CN2CCOCC2)cc1. The van der Waals surface area contributed by atoms with E-state index in [-0.39, 0.29) is 12.5 Å². The van der Waals surface area contributed by atoms with Crippen LogP contribution >= 0.6 is 0 Å². The molecule has 1 heterocycles. The van der Waals surface area contributed by atoms with Gasteiger partial charge < -0.3 is 20.1 Å². The Balaban J connectivity index is 1.17. The zero-order valence-electron chi connectivity index (χ0n) is 18.1. The number of amides is 1. The molecule has 6 nitrogen and oxygen atoms in total. The lowest BCUT2D eigenvalue weighted by Gasteiger charge is -2.26. The maximum Gasteiger partial charge on any atom is 0.258 e. The van der Waals surface area contributed by atoms with Crippen molar-refractivity contribution in [3.05, 3.63) is 90.0 Å². The van der Waals surface area contributed by atoms with E-state index in [1.807, 2.05) is 54.6 Å². The molecule has 0 aromatic heterocycles. The number of hydrogen-bond acceptors (Lipinski definition) is 5. The summed E-state index contributed by atoms with van der Waals surface area (Å²) in [5.41, 5.74) is 4.33. The van der Waals surface area contributed by atoms with Crippen molar-refractivity contribution in [3.8, 4) is 5.75 Å². The van der Waals surface area contributed by atoms with E-state index in [0.717, 1.165) is 49.8 Å². The summed E-state index contributed by atoms with van der Waals surface area (Å²) < 4.78 is 11.0. The summed E-state index contributed by atoms with van der Waals surface area (Å²) in [7, 11) is 0. The minimum absolute atomic E-state index is 0.0133. The first kappa shape index (κ1) is 21.9. The first-order chi connectivity index (χ1) is 15.7. The second-order valence-electron chi connectivity index (χ2n) is 7.79. The Hall–Kier alpha value is -3.35. The van der Waals surface area contributed by atoms with Gasteiger partial charge in [-0.25, -0.2) is 0 Å². The van der Waals surface area contributed by atoms with Gasteiger partial charge in [0.1, 0.15) is 5.75 Å². The van der Waals surface area contributed by atoms with E-state index in [9.17, 15) is 4.79 Å². The second kappa shape index (κ2) is 11.3. The molecule has 0 saturated carbocycles. The van der Waals surface area contributed by atoms with Gasteiger partial charge in [-0.2, -0.15) is 0 Å². The molecule has 0 unspecified atom stereocenters. The van der Waals surface area contributed by atoms with Crippen LogP contribution in [0.15, 0.2) is 78.9 Å². The summed E-state index contributed by atoms with van der Waals surface area (Å²) in [6.07, 6.45) is 0. The lowest BCUT2D eigenvalue weighted by molar-refractivity contribution is -0.123. The molecule has 32 heavy (non-hydrogen) atoms. The van der Waals surface area contributed by atoms with E-state index in [1.54, 1.807) is 0 Å². The van der Waals surface area contributed by atoms with Gasteiger partial charge in [0.05, 0.1) is 13.2 Å². The minimum atomic E-state index is -0.145. The maximum absolute atomic E-state index is 12.2. The fourth-order valence-corrected chi connectivity index (χ4v) is 3.50. The van der Waals surface area contributed by atoms with Crippen molar-refractivity contribution in [1.82, 2.24) is 10.2 Å². The highest BCUT2D eigenvalue weighted by atomic mass is 16.5. The highest BCUT2D eigenvalue weighted by Crippen LogP contribution is 2.19. The first-order valence-electron chi connectivity index (χ1n) is 10.9. The highest BCUT2D eigenvalue weighted by Gasteiger charge is 2.10. The number of nitrogens with zero attached hydrogens (tertiary/aromatic N) is 1. The molecular formula is C26H29N3O3. The Bertz CT molecular complexity index is 969. The van der Waals surface area contributed by atoms with Gasteiger partial charge >= 0.3 is 0 Å². The van der Waals surface area contributed by atoms with Gasteiger partial charge in [0.25, 0.3) is 5.91 Å². The lowest BCUT2D eigenvalue weighted by atomic mass is 10.1. The van der Waals surface area contributed by atoms with Crippen LogP contribution in [-0.2, 0) is 22.6 Å². The average molecular weight is 432 g/mol. The zero-order chi connectivity index (χ0) is 22.0. The molecule has 1 amide bonds. The van der Waals surface area contributed by atoms with Crippen LogP contribution in [-0.4, -0.2) is 43.7 Å². The molecule has 0 spiro atoms. The van der Waals surface area contributed by atoms with Gasteiger partial charge in [0, 0.05) is 37.6 Å². The van der Waals surface area contributed by atoms with Crippen LogP contribution in [0.4, 0.5) is 11.4 Å². The highest BCUT2D eigenvalue weighted by molar-refractivity contribution is 5.77. The quantitative estimate of drug-likeness (QED) is 0.537. The van der Waals surface area contributed by atoms with E-state index in [2.05, 4.69) is 39.8 Å². The molecule has 4 rings (SSSR count). The number of hydrogen-bond donors (Lipinski definition) is 2. The first-order valence-corrected chi connectivity index (χ1v) is 10.9. The Kier molecular flexibility index (Phi) is 7.74. The average Bonchev–Trinajstić information content (AvgIpc) is 2.84. The van der Waals surface area contributed by atoms with Crippen LogP contribution < -0.4 is 15.4 Å². The summed E-state index contributed by atoms with van der Waals surface area (Å²) in [6, 6.07) is 25.9. The van der Waals surface area contributed by atoms with Crippen molar-refractivity contribution in [3.63, 3.8) is 0 Å². The molecule has 1 aliphatic rings. The van der Waals surface area contributed by atoms with Crippen LogP contribution in [0.1, 0.15) is 11.1 Å². The predicted molar refractivity (Wildman–Crippen MR) is 126 cm³/mol. The number of benzene rings is 3. The van der Waals surface area contributed by atoms with Gasteiger partial charge in [0.2, 0.25) is 0 Å². The smallest absolute Gasteiger partial charge is 0.258 e. The maximum atomic E-state index is 12.2. The van der Waals surface area contributed by atoms with Crippen LogP contribution in [0.5, 0.6) is 5.75 Å². The van der Waals surface area contributed by atoms with Crippen molar-refractivity contribution < 1.29 is 14.3 Å². The molecule has 1 aliphatic heterocycles. The fraction of sp³-hybridized carbons (Fsp3) is 0.269. The van der Waals surface area contributed by atoms with E-state index >= 15 is 0 Å². The second-order valence-corrected chi connectivity index (χ2v) is 7.79. The van der Waals surface area contributed by atoms with Crippen molar-refractivity contribution in [2.24, 2.45) is 0 Å². The predicted octanol–water partition coefficient (Wildman–Crippen LogP) is 3.96. The number of morpholine rings is 1. The molecule has 0 radical (unpaired) electrons. The Morgan fingerprint density at radius 1 is 0.844 bits per heavy atom. The third kappa shape index (κ3) is 6.83. The third-order valence-corrected chi connectivity index (χ3v) is 5.31. The number of anilines is 2. The van der Waals surface area contributed by atoms with Crippen molar-refractivity contribution in [2.75, 3.05) is 38.2 Å². The molecule has 2 N–H and O–H groups in total. The van der Waals surface area contributed by atoms with Gasteiger partial charge in [-0.15, -0.1) is 0 Å². The van der Waals surface area contributed by atoms with Gasteiger partial charge in [-0.1, -0.05) is 42.5 Å². The number of para-hydroxylation sites is 1. The Morgan fingerprint density at radius 3 is 2.22 bits per heavy atom. The van der Waals surface area contributed by atoms with Crippen LogP contribution in [0.2, 0.25) is 0 Å². The summed E-state index contributed by atoms with van der Waals surface area (Å²) in [4.78, 5) is 14.6. The monoisotopic (exact) mass is 431 g/mol. The van der Waals surface area contributed by atoms with Crippen molar-refractivity contribution >= 4 is 17.3 Å². The van der Waals surface area contributed by atoms with E-state index < -0.39 is 0 Å². The number of carbonyl (C=O) groups excluding carboxylic acids is 1. The van der Waals surface area contributed by atoms with Crippen molar-refractivity contribution in [1.29, 1.82) is 0 Å². The molecule has 166 valence electrons. The lowest BCUT2D eigenvalue weighted by Crippen LogP contribution is -2.35. The summed E-state index contributed by atoms with van der Waals surface area (Å²) in [5, 5.41) is 6.23. The van der Waals surface area contributed by atoms with Crippen LogP contribution in [0, 0.1) is 0 Å². The van der Waals surface area contributed by atoms with Gasteiger partial charge in [-0.3, -0.25) is 9.69 Å². The van der Waals surface area contributed by atoms with E-state index in [1.165, 1.54) is 5.56 Å². The van der Waals surface area contributed by atoms with E-state index in [0.29, 0.717) is 12.3 Å². The molecule has 1 fully saturated rings. The van der Waals surface area contributed by atoms with Crippen LogP contribution in [0.25, 0.3) is 0 Å². The standard InChI is InChI=1S/C26H29N3O3/c30-26(20-32-25-12-10-24(11-13-25)28-23-4-2-1-3-5-23)27-18-21-6-8-22(9-7-21)19-29-14-16-31-17-15-29/h1-13,28H,14-20H2,(H,27,30). The summed E-state index contributed by atoms with van der Waals surface area (Å²) >= 11 is 0. The van der Waals surface area contributed by atoms with Gasteiger partial charge in [0.15, 0.2) is 6.61 Å². The van der Waals surface area contributed by atoms with Gasteiger partial charge in [-0.05, 0) is 47.5 Å². The summed E-state index contributed by atoms with van der Waals surface area (Å²) in [6.45, 7) is 4.97. The molecule has 0 aliphatic carbocycles. The molecule has 1 saturated heterocycles. The molecular weight excluding hydrogens is 402 g/mol. The number of ether oxygens (including phenoxy) is 2. The van der Waals surface area contributed by atoms with Crippen LogP contribution in [0.3, 0.4) is 0 Å². The Labute approximate surface area is 189 Å². The number of rotatable bonds is 9. The van der Waals surface area contributed by atoms with Crippen molar-refractivity contribution in [2.45, 2.75) is 13.1 Å². The largest absolute Gasteiger partial charge is 0.484 e. The molecule has 6 heteroatoms. The number of nitrogens with one attached hydrogen (secondary N) is 2. The molecule has 0 atom stereocenters. The fourth-order valence-electron chi connectivity index (χ4n) is 3.50. The van der Waals surface area contributed by atoms with E-state index in [4.69, 9.17) is 9.47 Å². The molecule has 3 aromatic rings.